The van der Waals surface area contributed by atoms with E-state index in [1.807, 2.05) is 0 Å². The first-order valence-electron chi connectivity index (χ1n) is 10.2. The number of hydrogen-bond donors (Lipinski definition) is 1. The Balaban J connectivity index is 1.42. The molecule has 0 aliphatic carbocycles. The smallest absolute Gasteiger partial charge is 0.422 e. The van der Waals surface area contributed by atoms with Crippen molar-refractivity contribution in [3.63, 3.8) is 0 Å². The number of nitrogens with zero attached hydrogens (tertiary/aromatic N) is 3. The summed E-state index contributed by atoms with van der Waals surface area (Å²) in [6, 6.07) is 1.59. The number of fused-ring (bicyclic) bond motifs is 1. The minimum atomic E-state index is -4.66. The van der Waals surface area contributed by atoms with E-state index in [4.69, 9.17) is 16.3 Å². The van der Waals surface area contributed by atoms with Gasteiger partial charge in [0.1, 0.15) is 5.92 Å². The van der Waals surface area contributed by atoms with Crippen LogP contribution in [0.3, 0.4) is 0 Å². The van der Waals surface area contributed by atoms with Gasteiger partial charge in [-0.25, -0.2) is 14.2 Å². The van der Waals surface area contributed by atoms with Crippen molar-refractivity contribution in [2.45, 2.75) is 18.8 Å². The van der Waals surface area contributed by atoms with Crippen LogP contribution in [-0.2, 0) is 14.3 Å². The third-order valence-electron chi connectivity index (χ3n) is 5.40. The number of thiazole rings is 1. The third-order valence-corrected chi connectivity index (χ3v) is 6.44. The molecule has 1 aromatic heterocycles. The van der Waals surface area contributed by atoms with Gasteiger partial charge in [-0.05, 0) is 17.7 Å². The summed E-state index contributed by atoms with van der Waals surface area (Å²) in [5.74, 6) is -3.66. The molecule has 0 bridgehead atoms. The molecule has 0 radical (unpaired) electrons. The Labute approximate surface area is 210 Å². The van der Waals surface area contributed by atoms with Gasteiger partial charge >= 0.3 is 12.2 Å². The highest BCUT2D eigenvalue weighted by molar-refractivity contribution is 7.14. The highest BCUT2D eigenvalue weighted by atomic mass is 35.5. The molecule has 4 rings (SSSR count). The fourth-order valence-electron chi connectivity index (χ4n) is 3.70. The molecule has 1 aromatic carbocycles. The first-order valence-corrected chi connectivity index (χ1v) is 11.4. The molecular formula is C21H17ClF4N4O5S. The fourth-order valence-corrected chi connectivity index (χ4v) is 4.70. The quantitative estimate of drug-likeness (QED) is 0.542. The summed E-state index contributed by atoms with van der Waals surface area (Å²) in [6.07, 6.45) is -4.41. The number of carbonyl (C=O) groups excluding carboxylic acids is 3. The zero-order valence-electron chi connectivity index (χ0n) is 18.6. The summed E-state index contributed by atoms with van der Waals surface area (Å²) >= 11 is 6.91. The van der Waals surface area contributed by atoms with Crippen LogP contribution in [0.4, 0.5) is 27.5 Å². The highest BCUT2D eigenvalue weighted by Gasteiger charge is 2.49. The molecule has 2 aliphatic rings. The maximum absolute atomic E-state index is 14.3. The molecule has 36 heavy (non-hydrogen) atoms. The van der Waals surface area contributed by atoms with E-state index in [1.165, 1.54) is 36.7 Å². The van der Waals surface area contributed by atoms with Gasteiger partial charge in [0.2, 0.25) is 11.8 Å². The first kappa shape index (κ1) is 25.7. The van der Waals surface area contributed by atoms with E-state index in [-0.39, 0.29) is 27.8 Å². The number of ether oxygens (including phenoxy) is 2. The maximum atomic E-state index is 14.3. The lowest BCUT2D eigenvalue weighted by atomic mass is 9.93. The number of imide groups is 1. The molecule has 2 aromatic rings. The van der Waals surface area contributed by atoms with Crippen molar-refractivity contribution in [3.8, 4) is 17.0 Å². The standard InChI is InChI=1S/C21H17ClF4N4O5S/c1-29-17(32)15-10(6-34-18(15)30(2)20(29)33)5-14(31)28-19-27-13(7-36-19)9-3-11(22)16(12(23)4-9)35-8-21(24,25)26/h3-4,6-7,15,18H,5,8H2,1-2H3,(H,27,28,31). The van der Waals surface area contributed by atoms with Gasteiger partial charge < -0.3 is 14.8 Å². The lowest BCUT2D eigenvalue weighted by Crippen LogP contribution is -2.58. The average Bonchev–Trinajstić information content (AvgIpc) is 3.42. The lowest BCUT2D eigenvalue weighted by molar-refractivity contribution is -0.153. The SMILES string of the molecule is CN1C(=O)C2C(CC(=O)Nc3nc(-c4cc(F)c(OCC(F)(F)F)c(Cl)c4)cs3)=COC2N(C)C1=O. The van der Waals surface area contributed by atoms with E-state index < -0.39 is 54.3 Å². The zero-order valence-corrected chi connectivity index (χ0v) is 20.1. The van der Waals surface area contributed by atoms with Crippen molar-refractivity contribution in [3.05, 3.63) is 40.2 Å². The van der Waals surface area contributed by atoms with E-state index in [0.717, 1.165) is 22.3 Å². The van der Waals surface area contributed by atoms with Gasteiger partial charge in [-0.1, -0.05) is 11.6 Å². The molecule has 3 heterocycles. The number of benzene rings is 1. The molecule has 0 saturated carbocycles. The topological polar surface area (TPSA) is 101 Å². The second-order valence-electron chi connectivity index (χ2n) is 7.92. The van der Waals surface area contributed by atoms with Gasteiger partial charge in [0.25, 0.3) is 0 Å². The Kier molecular flexibility index (Phi) is 6.84. The summed E-state index contributed by atoms with van der Waals surface area (Å²) in [7, 11) is 2.83. The largest absolute Gasteiger partial charge is 0.479 e. The van der Waals surface area contributed by atoms with Crippen molar-refractivity contribution >= 4 is 45.9 Å². The molecular weight excluding hydrogens is 532 g/mol. The Morgan fingerprint density at radius 2 is 2.03 bits per heavy atom. The molecule has 9 nitrogen and oxygen atoms in total. The van der Waals surface area contributed by atoms with Crippen LogP contribution >= 0.6 is 22.9 Å². The summed E-state index contributed by atoms with van der Waals surface area (Å²) < 4.78 is 61.3. The molecule has 1 saturated heterocycles. The number of aromatic nitrogens is 1. The van der Waals surface area contributed by atoms with Crippen LogP contribution in [0.5, 0.6) is 5.75 Å². The second-order valence-corrected chi connectivity index (χ2v) is 9.19. The summed E-state index contributed by atoms with van der Waals surface area (Å²) in [5, 5.41) is 3.84. The monoisotopic (exact) mass is 548 g/mol. The van der Waals surface area contributed by atoms with Crippen LogP contribution in [0.1, 0.15) is 6.42 Å². The van der Waals surface area contributed by atoms with Gasteiger partial charge in [0.05, 0.1) is 23.4 Å². The maximum Gasteiger partial charge on any atom is 0.422 e. The van der Waals surface area contributed by atoms with E-state index in [0.29, 0.717) is 5.57 Å². The predicted octanol–water partition coefficient (Wildman–Crippen LogP) is 4.25. The number of halogens is 5. The molecule has 1 N–H and O–H groups in total. The Morgan fingerprint density at radius 3 is 2.69 bits per heavy atom. The fraction of sp³-hybridized carbons (Fsp3) is 0.333. The van der Waals surface area contributed by atoms with Crippen LogP contribution in [0.2, 0.25) is 5.02 Å². The van der Waals surface area contributed by atoms with E-state index in [9.17, 15) is 31.9 Å². The summed E-state index contributed by atoms with van der Waals surface area (Å²) in [4.78, 5) is 43.6. The third kappa shape index (κ3) is 5.09. The molecule has 2 unspecified atom stereocenters. The molecule has 2 aliphatic heterocycles. The number of amides is 4. The van der Waals surface area contributed by atoms with E-state index in [1.54, 1.807) is 0 Å². The van der Waals surface area contributed by atoms with Gasteiger partial charge in [0, 0.05) is 25.0 Å². The van der Waals surface area contributed by atoms with E-state index >= 15 is 0 Å². The molecule has 2 atom stereocenters. The Bertz CT molecular complexity index is 1240. The molecule has 15 heteroatoms. The van der Waals surface area contributed by atoms with E-state index in [2.05, 4.69) is 15.0 Å². The van der Waals surface area contributed by atoms with Crippen LogP contribution in [0.25, 0.3) is 11.3 Å². The average molecular weight is 549 g/mol. The normalized spacial score (nSPS) is 19.7. The molecule has 1 fully saturated rings. The number of hydrogen-bond acceptors (Lipinski definition) is 7. The second kappa shape index (κ2) is 9.58. The number of anilines is 1. The van der Waals surface area contributed by atoms with Crippen molar-refractivity contribution in [2.24, 2.45) is 5.92 Å². The number of carbonyl (C=O) groups is 3. The van der Waals surface area contributed by atoms with Gasteiger partial charge in [0.15, 0.2) is 29.5 Å². The highest BCUT2D eigenvalue weighted by Crippen LogP contribution is 2.37. The van der Waals surface area contributed by atoms with Gasteiger partial charge in [-0.15, -0.1) is 11.3 Å². The van der Waals surface area contributed by atoms with Crippen molar-refractivity contribution in [1.82, 2.24) is 14.8 Å². The summed E-state index contributed by atoms with van der Waals surface area (Å²) in [6.45, 7) is -1.70. The van der Waals surface area contributed by atoms with Crippen molar-refractivity contribution in [1.29, 1.82) is 0 Å². The number of rotatable bonds is 6. The van der Waals surface area contributed by atoms with Crippen LogP contribution in [0, 0.1) is 11.7 Å². The van der Waals surface area contributed by atoms with Crippen molar-refractivity contribution in [2.75, 3.05) is 26.0 Å². The lowest BCUT2D eigenvalue weighted by Gasteiger charge is -2.37. The van der Waals surface area contributed by atoms with Crippen LogP contribution in [-0.4, -0.2) is 65.7 Å². The predicted molar refractivity (Wildman–Crippen MR) is 120 cm³/mol. The first-order chi connectivity index (χ1) is 16.9. The van der Waals surface area contributed by atoms with Gasteiger partial charge in [-0.3, -0.25) is 19.4 Å². The Hall–Kier alpha value is -3.39. The minimum Gasteiger partial charge on any atom is -0.479 e. The number of nitrogens with one attached hydrogen (secondary N) is 1. The zero-order chi connectivity index (χ0) is 26.4. The molecule has 4 amide bonds. The van der Waals surface area contributed by atoms with Crippen LogP contribution in [0.15, 0.2) is 29.3 Å². The van der Waals surface area contributed by atoms with Gasteiger partial charge in [-0.2, -0.15) is 13.2 Å². The molecule has 192 valence electrons. The number of urea groups is 1. The Morgan fingerprint density at radius 1 is 1.31 bits per heavy atom. The minimum absolute atomic E-state index is 0.152. The van der Waals surface area contributed by atoms with Crippen molar-refractivity contribution < 1.29 is 41.4 Å². The van der Waals surface area contributed by atoms with Crippen LogP contribution < -0.4 is 10.1 Å². The summed E-state index contributed by atoms with van der Waals surface area (Å²) in [5.41, 5.74) is 0.756. The number of alkyl halides is 3. The molecule has 0 spiro atoms.